The van der Waals surface area contributed by atoms with Crippen molar-refractivity contribution >= 4 is 0 Å². The number of nitrogens with two attached hydrogens (primary N) is 1. The molecular formula is C14H19N. The third-order valence-corrected chi connectivity index (χ3v) is 4.26. The average Bonchev–Trinajstić information content (AvgIpc) is 2.26. The van der Waals surface area contributed by atoms with Gasteiger partial charge in [0.1, 0.15) is 0 Å². The van der Waals surface area contributed by atoms with Crippen molar-refractivity contribution in [3.8, 4) is 0 Å². The number of hydrogen-bond donors (Lipinski definition) is 1. The van der Waals surface area contributed by atoms with Gasteiger partial charge in [0.05, 0.1) is 0 Å². The lowest BCUT2D eigenvalue weighted by molar-refractivity contribution is 0.201. The van der Waals surface area contributed by atoms with Crippen molar-refractivity contribution in [1.29, 1.82) is 0 Å². The zero-order valence-corrected chi connectivity index (χ0v) is 9.15. The van der Waals surface area contributed by atoms with Crippen LogP contribution in [0.1, 0.15) is 30.4 Å². The molecule has 1 fully saturated rings. The lowest BCUT2D eigenvalue weighted by Gasteiger charge is -2.39. The molecule has 2 N–H and O–H groups in total. The van der Waals surface area contributed by atoms with E-state index in [1.54, 1.807) is 11.1 Å². The van der Waals surface area contributed by atoms with Gasteiger partial charge in [0.25, 0.3) is 0 Å². The summed E-state index contributed by atoms with van der Waals surface area (Å²) in [6.45, 7) is 0. The molecular weight excluding hydrogens is 182 g/mol. The van der Waals surface area contributed by atoms with E-state index in [1.165, 1.54) is 32.1 Å². The molecule has 15 heavy (non-hydrogen) atoms. The highest BCUT2D eigenvalue weighted by molar-refractivity contribution is 5.30. The van der Waals surface area contributed by atoms with Crippen molar-refractivity contribution in [2.24, 2.45) is 17.6 Å². The second kappa shape index (κ2) is 3.64. The van der Waals surface area contributed by atoms with Crippen LogP contribution in [0.2, 0.25) is 0 Å². The predicted octanol–water partition coefficient (Wildman–Crippen LogP) is 2.53. The first-order valence-corrected chi connectivity index (χ1v) is 6.15. The summed E-state index contributed by atoms with van der Waals surface area (Å²) in [5.41, 5.74) is 9.23. The molecule has 2 aliphatic rings. The highest BCUT2D eigenvalue weighted by Crippen LogP contribution is 2.39. The molecule has 0 heterocycles. The maximum Gasteiger partial charge on any atom is 0.00417 e. The van der Waals surface area contributed by atoms with Gasteiger partial charge in [-0.05, 0) is 55.1 Å². The Balaban J connectivity index is 1.87. The number of hydrogen-bond acceptors (Lipinski definition) is 1. The van der Waals surface area contributed by atoms with Crippen LogP contribution in [0.3, 0.4) is 0 Å². The van der Waals surface area contributed by atoms with Gasteiger partial charge in [-0.25, -0.2) is 0 Å². The lowest BCUT2D eigenvalue weighted by Crippen LogP contribution is -2.37. The SMILES string of the molecule is NC1CCC2Cc3ccccc3CC2C1. The largest absolute Gasteiger partial charge is 0.328 e. The molecule has 0 aromatic heterocycles. The zero-order valence-electron chi connectivity index (χ0n) is 9.15. The van der Waals surface area contributed by atoms with Crippen molar-refractivity contribution in [3.63, 3.8) is 0 Å². The summed E-state index contributed by atoms with van der Waals surface area (Å²) < 4.78 is 0. The quantitative estimate of drug-likeness (QED) is 0.686. The fourth-order valence-corrected chi connectivity index (χ4v) is 3.40. The molecule has 0 spiro atoms. The number of fused-ring (bicyclic) bond motifs is 2. The first-order chi connectivity index (χ1) is 7.33. The molecule has 0 amide bonds. The Morgan fingerprint density at radius 3 is 2.33 bits per heavy atom. The summed E-state index contributed by atoms with van der Waals surface area (Å²) in [6.07, 6.45) is 6.41. The Labute approximate surface area is 91.7 Å². The van der Waals surface area contributed by atoms with Gasteiger partial charge in [0.2, 0.25) is 0 Å². The van der Waals surface area contributed by atoms with Crippen LogP contribution in [-0.2, 0) is 12.8 Å². The molecule has 1 heteroatoms. The summed E-state index contributed by atoms with van der Waals surface area (Å²) in [4.78, 5) is 0. The van der Waals surface area contributed by atoms with Crippen LogP contribution in [0.15, 0.2) is 24.3 Å². The Kier molecular flexibility index (Phi) is 2.28. The van der Waals surface area contributed by atoms with Crippen molar-refractivity contribution < 1.29 is 0 Å². The fraction of sp³-hybridized carbons (Fsp3) is 0.571. The van der Waals surface area contributed by atoms with Crippen LogP contribution in [0.5, 0.6) is 0 Å². The Morgan fingerprint density at radius 2 is 1.60 bits per heavy atom. The van der Waals surface area contributed by atoms with Gasteiger partial charge in [-0.15, -0.1) is 0 Å². The van der Waals surface area contributed by atoms with Crippen molar-refractivity contribution in [2.75, 3.05) is 0 Å². The van der Waals surface area contributed by atoms with Gasteiger partial charge in [-0.2, -0.15) is 0 Å². The van der Waals surface area contributed by atoms with Crippen LogP contribution >= 0.6 is 0 Å². The molecule has 0 bridgehead atoms. The molecule has 0 saturated heterocycles. The van der Waals surface area contributed by atoms with Crippen LogP contribution in [0.4, 0.5) is 0 Å². The van der Waals surface area contributed by atoms with Crippen molar-refractivity contribution in [3.05, 3.63) is 35.4 Å². The van der Waals surface area contributed by atoms with E-state index in [1.807, 2.05) is 0 Å². The second-order valence-electron chi connectivity index (χ2n) is 5.27. The maximum absolute atomic E-state index is 6.06. The van der Waals surface area contributed by atoms with Gasteiger partial charge in [-0.1, -0.05) is 24.3 Å². The van der Waals surface area contributed by atoms with Gasteiger partial charge in [0.15, 0.2) is 0 Å². The number of benzene rings is 1. The van der Waals surface area contributed by atoms with Crippen LogP contribution in [0.25, 0.3) is 0 Å². The van der Waals surface area contributed by atoms with Crippen LogP contribution in [0, 0.1) is 11.8 Å². The maximum atomic E-state index is 6.06. The molecule has 3 unspecified atom stereocenters. The molecule has 3 atom stereocenters. The monoisotopic (exact) mass is 201 g/mol. The fourth-order valence-electron chi connectivity index (χ4n) is 3.40. The topological polar surface area (TPSA) is 26.0 Å². The van der Waals surface area contributed by atoms with E-state index in [0.29, 0.717) is 6.04 Å². The highest BCUT2D eigenvalue weighted by Gasteiger charge is 2.32. The second-order valence-corrected chi connectivity index (χ2v) is 5.27. The molecule has 3 rings (SSSR count). The number of rotatable bonds is 0. The van der Waals surface area contributed by atoms with E-state index < -0.39 is 0 Å². The molecule has 0 radical (unpaired) electrons. The summed E-state index contributed by atoms with van der Waals surface area (Å²) in [5.74, 6) is 1.78. The summed E-state index contributed by atoms with van der Waals surface area (Å²) in [5, 5.41) is 0. The van der Waals surface area contributed by atoms with E-state index >= 15 is 0 Å². The van der Waals surface area contributed by atoms with Gasteiger partial charge < -0.3 is 5.73 Å². The highest BCUT2D eigenvalue weighted by atomic mass is 14.6. The van der Waals surface area contributed by atoms with Crippen LogP contribution < -0.4 is 5.73 Å². The molecule has 1 aromatic carbocycles. The predicted molar refractivity (Wildman–Crippen MR) is 62.7 cm³/mol. The lowest BCUT2D eigenvalue weighted by atomic mass is 9.68. The van der Waals surface area contributed by atoms with Gasteiger partial charge in [-0.3, -0.25) is 0 Å². The van der Waals surface area contributed by atoms with Crippen molar-refractivity contribution in [2.45, 2.75) is 38.1 Å². The minimum atomic E-state index is 0.469. The molecule has 0 aliphatic heterocycles. The minimum Gasteiger partial charge on any atom is -0.328 e. The first kappa shape index (κ1) is 9.41. The van der Waals surface area contributed by atoms with E-state index in [9.17, 15) is 0 Å². The van der Waals surface area contributed by atoms with Crippen LogP contribution in [-0.4, -0.2) is 6.04 Å². The van der Waals surface area contributed by atoms with E-state index in [0.717, 1.165) is 11.8 Å². The van der Waals surface area contributed by atoms with Gasteiger partial charge in [0, 0.05) is 6.04 Å². The smallest absolute Gasteiger partial charge is 0.00417 e. The Hall–Kier alpha value is -0.820. The average molecular weight is 201 g/mol. The molecule has 1 nitrogen and oxygen atoms in total. The Morgan fingerprint density at radius 1 is 0.933 bits per heavy atom. The molecule has 2 aliphatic carbocycles. The van der Waals surface area contributed by atoms with E-state index in [4.69, 9.17) is 5.73 Å². The minimum absolute atomic E-state index is 0.469. The Bertz CT molecular complexity index is 358. The standard InChI is InChI=1S/C14H19N/c15-14-6-5-12-7-10-3-1-2-4-11(10)8-13(12)9-14/h1-4,12-14H,5-9,15H2. The first-order valence-electron chi connectivity index (χ1n) is 6.15. The molecule has 1 aromatic rings. The summed E-state index contributed by atoms with van der Waals surface area (Å²) >= 11 is 0. The molecule has 1 saturated carbocycles. The van der Waals surface area contributed by atoms with E-state index in [-0.39, 0.29) is 0 Å². The summed E-state index contributed by atoms with van der Waals surface area (Å²) in [7, 11) is 0. The third kappa shape index (κ3) is 1.69. The normalized spacial score (nSPS) is 34.3. The molecule has 80 valence electrons. The van der Waals surface area contributed by atoms with Gasteiger partial charge >= 0.3 is 0 Å². The summed E-state index contributed by atoms with van der Waals surface area (Å²) in [6, 6.07) is 9.41. The zero-order chi connectivity index (χ0) is 10.3. The third-order valence-electron chi connectivity index (χ3n) is 4.26. The van der Waals surface area contributed by atoms with E-state index in [2.05, 4.69) is 24.3 Å². The van der Waals surface area contributed by atoms with Crippen molar-refractivity contribution in [1.82, 2.24) is 0 Å².